The summed E-state index contributed by atoms with van der Waals surface area (Å²) >= 11 is 0. The maximum absolute atomic E-state index is 14.0. The van der Waals surface area contributed by atoms with E-state index < -0.39 is 29.6 Å². The molecule has 0 unspecified atom stereocenters. The van der Waals surface area contributed by atoms with Gasteiger partial charge in [0.15, 0.2) is 0 Å². The highest BCUT2D eigenvalue weighted by molar-refractivity contribution is 5.83. The number of rotatable bonds is 6. The third-order valence-corrected chi connectivity index (χ3v) is 5.51. The molecule has 1 aromatic carbocycles. The molecule has 1 aliphatic carbocycles. The van der Waals surface area contributed by atoms with E-state index in [1.54, 1.807) is 42.7 Å². The zero-order chi connectivity index (χ0) is 18.8. The lowest BCUT2D eigenvalue weighted by molar-refractivity contribution is -0.243. The van der Waals surface area contributed by atoms with Crippen LogP contribution in [-0.2, 0) is 21.6 Å². The van der Waals surface area contributed by atoms with E-state index in [2.05, 4.69) is 9.87 Å². The molecule has 2 aromatic rings. The fraction of sp³-hybridized carbons (Fsp3) is 0.474. The van der Waals surface area contributed by atoms with Crippen LogP contribution in [0.3, 0.4) is 0 Å². The second-order valence-corrected chi connectivity index (χ2v) is 6.93. The summed E-state index contributed by atoms with van der Waals surface area (Å²) in [7, 11) is 0. The largest absolute Gasteiger partial charge is 0.352 e. The lowest BCUT2D eigenvalue weighted by Gasteiger charge is -2.36. The van der Waals surface area contributed by atoms with E-state index in [1.165, 1.54) is 0 Å². The van der Waals surface area contributed by atoms with Gasteiger partial charge in [0, 0.05) is 31.8 Å². The van der Waals surface area contributed by atoms with Gasteiger partial charge in [-0.15, -0.1) is 0 Å². The summed E-state index contributed by atoms with van der Waals surface area (Å²) in [4.78, 5) is 21.0. The number of aryl methyl sites for hydroxylation is 2. The average Bonchev–Trinajstić information content (AvgIpc) is 3.21. The minimum Gasteiger partial charge on any atom is -0.335 e. The predicted molar refractivity (Wildman–Crippen MR) is 90.7 cm³/mol. The fourth-order valence-electron chi connectivity index (χ4n) is 4.10. The summed E-state index contributed by atoms with van der Waals surface area (Å²) in [5.74, 6) is -3.56. The molecule has 1 heterocycles. The molecule has 1 saturated carbocycles. The van der Waals surface area contributed by atoms with E-state index >= 15 is 0 Å². The SMILES string of the molecule is Cc1nccn1CC[C@](C(=O)OO)(c1ccccc1)[C@H]1CCC(F)(F)C1. The number of nitrogens with zero attached hydrogens (tertiary/aromatic N) is 2. The number of halogens is 2. The van der Waals surface area contributed by atoms with E-state index in [4.69, 9.17) is 0 Å². The number of imidazole rings is 1. The van der Waals surface area contributed by atoms with Crippen molar-refractivity contribution in [2.45, 2.75) is 50.5 Å². The Morgan fingerprint density at radius 1 is 1.42 bits per heavy atom. The number of carbonyl (C=O) groups is 1. The predicted octanol–water partition coefficient (Wildman–Crippen LogP) is 3.97. The Kier molecular flexibility index (Phi) is 5.09. The van der Waals surface area contributed by atoms with Crippen molar-refractivity contribution in [1.82, 2.24) is 9.55 Å². The van der Waals surface area contributed by atoms with E-state index in [0.29, 0.717) is 12.1 Å². The molecule has 5 nitrogen and oxygen atoms in total. The zero-order valence-corrected chi connectivity index (χ0v) is 14.6. The molecule has 2 atom stereocenters. The number of carbonyl (C=O) groups excluding carboxylic acids is 1. The summed E-state index contributed by atoms with van der Waals surface area (Å²) in [5, 5.41) is 9.18. The summed E-state index contributed by atoms with van der Waals surface area (Å²) < 4.78 is 29.8. The van der Waals surface area contributed by atoms with Gasteiger partial charge in [-0.2, -0.15) is 5.26 Å². The van der Waals surface area contributed by atoms with Crippen molar-refractivity contribution in [3.05, 3.63) is 54.1 Å². The Morgan fingerprint density at radius 3 is 2.69 bits per heavy atom. The standard InChI is InChI=1S/C19H22F2N2O3/c1-14-22-10-12-23(14)11-9-19(17(24)26-25,15-5-3-2-4-6-15)16-7-8-18(20,21)13-16/h2-6,10,12,16,25H,7-9,11,13H2,1H3/t16-,19-/m0/s1. The Hall–Kier alpha value is -2.28. The summed E-state index contributed by atoms with van der Waals surface area (Å²) in [6.45, 7) is 2.23. The topological polar surface area (TPSA) is 64.4 Å². The second kappa shape index (κ2) is 7.15. The van der Waals surface area contributed by atoms with Gasteiger partial charge in [0.05, 0.1) is 0 Å². The van der Waals surface area contributed by atoms with Gasteiger partial charge in [-0.05, 0) is 31.2 Å². The highest BCUT2D eigenvalue weighted by atomic mass is 19.3. The molecule has 1 aliphatic rings. The van der Waals surface area contributed by atoms with Crippen molar-refractivity contribution in [2.75, 3.05) is 0 Å². The molecule has 0 aliphatic heterocycles. The first kappa shape index (κ1) is 18.5. The molecule has 0 saturated heterocycles. The molecule has 1 N–H and O–H groups in total. The highest BCUT2D eigenvalue weighted by Gasteiger charge is 2.55. The Labute approximate surface area is 150 Å². The summed E-state index contributed by atoms with van der Waals surface area (Å²) in [5.41, 5.74) is -0.758. The first-order chi connectivity index (χ1) is 12.4. The Bertz CT molecular complexity index is 763. The number of aromatic nitrogens is 2. The van der Waals surface area contributed by atoms with Gasteiger partial charge in [0.2, 0.25) is 5.92 Å². The molecule has 0 bridgehead atoms. The third-order valence-electron chi connectivity index (χ3n) is 5.51. The van der Waals surface area contributed by atoms with E-state index in [9.17, 15) is 18.8 Å². The second-order valence-electron chi connectivity index (χ2n) is 6.93. The molecule has 26 heavy (non-hydrogen) atoms. The lowest BCUT2D eigenvalue weighted by atomic mass is 9.67. The van der Waals surface area contributed by atoms with Crippen LogP contribution < -0.4 is 0 Å². The summed E-state index contributed by atoms with van der Waals surface area (Å²) in [6, 6.07) is 8.76. The third kappa shape index (κ3) is 3.35. The minimum atomic E-state index is -2.81. The van der Waals surface area contributed by atoms with Gasteiger partial charge in [-0.3, -0.25) is 0 Å². The quantitative estimate of drug-likeness (QED) is 0.622. The van der Waals surface area contributed by atoms with Gasteiger partial charge >= 0.3 is 5.97 Å². The van der Waals surface area contributed by atoms with Crippen LogP contribution in [0.1, 0.15) is 37.1 Å². The molecule has 1 aromatic heterocycles. The van der Waals surface area contributed by atoms with Gasteiger partial charge in [0.1, 0.15) is 11.2 Å². The van der Waals surface area contributed by atoms with E-state index in [1.807, 2.05) is 11.5 Å². The van der Waals surface area contributed by atoms with Crippen LogP contribution in [0, 0.1) is 12.8 Å². The van der Waals surface area contributed by atoms with Crippen LogP contribution in [0.5, 0.6) is 0 Å². The van der Waals surface area contributed by atoms with Crippen molar-refractivity contribution in [3.8, 4) is 0 Å². The smallest absolute Gasteiger partial charge is 0.335 e. The molecular formula is C19H22F2N2O3. The monoisotopic (exact) mass is 364 g/mol. The normalized spacial score (nSPS) is 21.3. The maximum Gasteiger partial charge on any atom is 0.352 e. The van der Waals surface area contributed by atoms with Crippen LogP contribution in [0.2, 0.25) is 0 Å². The van der Waals surface area contributed by atoms with Crippen LogP contribution in [0.4, 0.5) is 8.78 Å². The van der Waals surface area contributed by atoms with Crippen LogP contribution in [0.15, 0.2) is 42.7 Å². The first-order valence-corrected chi connectivity index (χ1v) is 8.66. The van der Waals surface area contributed by atoms with Crippen molar-refractivity contribution >= 4 is 5.97 Å². The number of alkyl halides is 2. The molecular weight excluding hydrogens is 342 g/mol. The molecule has 0 spiro atoms. The number of hydrogen-bond acceptors (Lipinski definition) is 4. The molecule has 140 valence electrons. The van der Waals surface area contributed by atoms with Crippen molar-refractivity contribution in [1.29, 1.82) is 0 Å². The maximum atomic E-state index is 14.0. The molecule has 1 fully saturated rings. The fourth-order valence-corrected chi connectivity index (χ4v) is 4.10. The summed E-state index contributed by atoms with van der Waals surface area (Å²) in [6.07, 6.45) is 3.18. The van der Waals surface area contributed by atoms with E-state index in [0.717, 1.165) is 5.82 Å². The number of hydrogen-bond donors (Lipinski definition) is 1. The van der Waals surface area contributed by atoms with Crippen molar-refractivity contribution in [3.63, 3.8) is 0 Å². The van der Waals surface area contributed by atoms with E-state index in [-0.39, 0.29) is 19.3 Å². The highest BCUT2D eigenvalue weighted by Crippen LogP contribution is 2.50. The first-order valence-electron chi connectivity index (χ1n) is 8.66. The molecule has 0 amide bonds. The van der Waals surface area contributed by atoms with Crippen LogP contribution in [0.25, 0.3) is 0 Å². The van der Waals surface area contributed by atoms with Gasteiger partial charge in [0.25, 0.3) is 0 Å². The Balaban J connectivity index is 2.03. The van der Waals surface area contributed by atoms with Crippen LogP contribution >= 0.6 is 0 Å². The molecule has 3 rings (SSSR count). The van der Waals surface area contributed by atoms with Crippen molar-refractivity contribution in [2.24, 2.45) is 5.92 Å². The van der Waals surface area contributed by atoms with Crippen molar-refractivity contribution < 1.29 is 23.7 Å². The minimum absolute atomic E-state index is 0.194. The molecule has 0 radical (unpaired) electrons. The van der Waals surface area contributed by atoms with Crippen LogP contribution in [-0.4, -0.2) is 26.7 Å². The zero-order valence-electron chi connectivity index (χ0n) is 14.6. The van der Waals surface area contributed by atoms with Gasteiger partial charge in [-0.1, -0.05) is 30.3 Å². The number of benzene rings is 1. The molecule has 7 heteroatoms. The van der Waals surface area contributed by atoms with Gasteiger partial charge < -0.3 is 9.45 Å². The lowest BCUT2D eigenvalue weighted by Crippen LogP contribution is -2.44. The average molecular weight is 364 g/mol. The Morgan fingerprint density at radius 2 is 2.15 bits per heavy atom. The van der Waals surface area contributed by atoms with Gasteiger partial charge in [-0.25, -0.2) is 18.6 Å².